The first-order chi connectivity index (χ1) is 19.0. The van der Waals surface area contributed by atoms with Gasteiger partial charge in [-0.2, -0.15) is 18.3 Å². The maximum absolute atomic E-state index is 13.1. The maximum atomic E-state index is 13.1. The summed E-state index contributed by atoms with van der Waals surface area (Å²) in [7, 11) is 1.48. The Bertz CT molecular complexity index is 1350. The van der Waals surface area contributed by atoms with Gasteiger partial charge in [-0.05, 0) is 19.4 Å². The molecular weight excluding hydrogens is 574 g/mol. The Morgan fingerprint density at radius 1 is 1.18 bits per heavy atom. The zero-order valence-electron chi connectivity index (χ0n) is 21.8. The zero-order valence-corrected chi connectivity index (χ0v) is 23.3. The number of ether oxygens (including phenoxy) is 1. The minimum atomic E-state index is -4.72. The minimum Gasteiger partial charge on any atom is -0.495 e. The van der Waals surface area contributed by atoms with Crippen LogP contribution in [0.4, 0.5) is 18.9 Å². The number of methoxy groups -OCH3 is 1. The SMILES string of the molecule is COc1cc(N2CCN(C(=O)Cn3nc(C(F)(F)F)c(Cl)c3C)CC2)c(C(=O)NCCCc2ncc[nH]2)cc1Cl. The van der Waals surface area contributed by atoms with Crippen LogP contribution in [0.5, 0.6) is 5.75 Å². The topological polar surface area (TPSA) is 108 Å². The molecule has 10 nitrogen and oxygen atoms in total. The molecule has 0 saturated carbocycles. The van der Waals surface area contributed by atoms with Gasteiger partial charge < -0.3 is 24.8 Å². The molecule has 1 saturated heterocycles. The van der Waals surface area contributed by atoms with Crippen molar-refractivity contribution in [2.75, 3.05) is 44.7 Å². The summed E-state index contributed by atoms with van der Waals surface area (Å²) in [6, 6.07) is 3.24. The van der Waals surface area contributed by atoms with Gasteiger partial charge in [-0.3, -0.25) is 14.3 Å². The molecule has 1 fully saturated rings. The zero-order chi connectivity index (χ0) is 29.0. The highest BCUT2D eigenvalue weighted by Gasteiger charge is 2.38. The van der Waals surface area contributed by atoms with E-state index < -0.39 is 16.9 Å². The number of anilines is 1. The van der Waals surface area contributed by atoms with Crippen molar-refractivity contribution in [1.29, 1.82) is 0 Å². The molecule has 4 rings (SSSR count). The monoisotopic (exact) mass is 601 g/mol. The number of aromatic amines is 1. The molecule has 2 amide bonds. The molecule has 1 aliphatic rings. The van der Waals surface area contributed by atoms with Gasteiger partial charge in [-0.15, -0.1) is 0 Å². The third-order valence-electron chi connectivity index (χ3n) is 6.61. The number of carbonyl (C=O) groups excluding carboxylic acids is 2. The van der Waals surface area contributed by atoms with Gasteiger partial charge in [-0.25, -0.2) is 4.98 Å². The molecular formula is C25H28Cl2F3N7O3. The lowest BCUT2D eigenvalue weighted by Gasteiger charge is -2.37. The Kier molecular flexibility index (Phi) is 9.14. The number of nitrogens with zero attached hydrogens (tertiary/aromatic N) is 5. The van der Waals surface area contributed by atoms with Crippen molar-refractivity contribution >= 4 is 40.7 Å². The summed E-state index contributed by atoms with van der Waals surface area (Å²) < 4.78 is 45.8. The molecule has 15 heteroatoms. The number of hydrogen-bond acceptors (Lipinski definition) is 6. The van der Waals surface area contributed by atoms with Crippen LogP contribution in [0.1, 0.15) is 34.0 Å². The first-order valence-electron chi connectivity index (χ1n) is 12.5. The Morgan fingerprint density at radius 2 is 1.90 bits per heavy atom. The summed E-state index contributed by atoms with van der Waals surface area (Å²) in [6.07, 6.45) is 0.0614. The average molecular weight is 602 g/mol. The number of H-pyrrole nitrogens is 1. The fraction of sp³-hybridized carbons (Fsp3) is 0.440. The van der Waals surface area contributed by atoms with Gasteiger partial charge in [-0.1, -0.05) is 23.2 Å². The normalized spacial score (nSPS) is 14.0. The number of rotatable bonds is 9. The third-order valence-corrected chi connectivity index (χ3v) is 7.35. The number of hydrogen-bond donors (Lipinski definition) is 2. The second kappa shape index (κ2) is 12.4. The molecule has 2 N–H and O–H groups in total. The fourth-order valence-electron chi connectivity index (χ4n) is 4.41. The van der Waals surface area contributed by atoms with Gasteiger partial charge in [0, 0.05) is 57.6 Å². The van der Waals surface area contributed by atoms with E-state index in [0.29, 0.717) is 49.5 Å². The molecule has 1 aliphatic heterocycles. The van der Waals surface area contributed by atoms with E-state index in [0.717, 1.165) is 10.5 Å². The van der Waals surface area contributed by atoms with Crippen molar-refractivity contribution in [3.05, 3.63) is 57.3 Å². The molecule has 1 aromatic carbocycles. The lowest BCUT2D eigenvalue weighted by Crippen LogP contribution is -2.50. The highest BCUT2D eigenvalue weighted by atomic mass is 35.5. The molecule has 3 heterocycles. The number of halogens is 5. The van der Waals surface area contributed by atoms with Crippen LogP contribution in [0.25, 0.3) is 0 Å². The quantitative estimate of drug-likeness (QED) is 0.359. The van der Waals surface area contributed by atoms with E-state index in [1.165, 1.54) is 14.0 Å². The van der Waals surface area contributed by atoms with Crippen LogP contribution in [0.15, 0.2) is 24.5 Å². The number of benzene rings is 1. The summed E-state index contributed by atoms with van der Waals surface area (Å²) in [5, 5.41) is 6.18. The molecule has 0 atom stereocenters. The Morgan fingerprint density at radius 3 is 2.50 bits per heavy atom. The van der Waals surface area contributed by atoms with E-state index in [1.807, 2.05) is 4.90 Å². The summed E-state index contributed by atoms with van der Waals surface area (Å²) >= 11 is 12.1. The average Bonchev–Trinajstić information content (AvgIpc) is 3.54. The smallest absolute Gasteiger partial charge is 0.436 e. The number of aromatic nitrogens is 4. The molecule has 216 valence electrons. The van der Waals surface area contributed by atoms with E-state index in [2.05, 4.69) is 20.4 Å². The molecule has 2 aromatic heterocycles. The molecule has 0 bridgehead atoms. The van der Waals surface area contributed by atoms with Crippen molar-refractivity contribution in [2.24, 2.45) is 0 Å². The van der Waals surface area contributed by atoms with Gasteiger partial charge >= 0.3 is 6.18 Å². The van der Waals surface area contributed by atoms with Crippen molar-refractivity contribution in [3.63, 3.8) is 0 Å². The van der Waals surface area contributed by atoms with Crippen molar-refractivity contribution in [2.45, 2.75) is 32.5 Å². The second-order valence-electron chi connectivity index (χ2n) is 9.17. The molecule has 0 unspecified atom stereocenters. The summed E-state index contributed by atoms with van der Waals surface area (Å²) in [5.41, 5.74) is -0.187. The third kappa shape index (κ3) is 6.64. The van der Waals surface area contributed by atoms with Crippen LogP contribution >= 0.6 is 23.2 Å². The molecule has 0 radical (unpaired) electrons. The van der Waals surface area contributed by atoms with Crippen molar-refractivity contribution in [3.8, 4) is 5.75 Å². The van der Waals surface area contributed by atoms with Crippen LogP contribution in [0.2, 0.25) is 10.0 Å². The lowest BCUT2D eigenvalue weighted by atomic mass is 10.1. The first kappa shape index (κ1) is 29.5. The van der Waals surface area contributed by atoms with Crippen LogP contribution in [-0.4, -0.2) is 76.3 Å². The predicted octanol–water partition coefficient (Wildman–Crippen LogP) is 3.96. The van der Waals surface area contributed by atoms with E-state index >= 15 is 0 Å². The number of nitrogens with one attached hydrogen (secondary N) is 2. The molecule has 40 heavy (non-hydrogen) atoms. The lowest BCUT2D eigenvalue weighted by molar-refractivity contribution is -0.142. The van der Waals surface area contributed by atoms with Crippen molar-refractivity contribution < 1.29 is 27.5 Å². The second-order valence-corrected chi connectivity index (χ2v) is 9.96. The van der Waals surface area contributed by atoms with Gasteiger partial charge in [0.15, 0.2) is 5.69 Å². The van der Waals surface area contributed by atoms with Crippen LogP contribution < -0.4 is 15.0 Å². The predicted molar refractivity (Wildman–Crippen MR) is 143 cm³/mol. The van der Waals surface area contributed by atoms with Crippen LogP contribution in [-0.2, 0) is 23.9 Å². The highest BCUT2D eigenvalue weighted by molar-refractivity contribution is 6.32. The van der Waals surface area contributed by atoms with Gasteiger partial charge in [0.25, 0.3) is 5.91 Å². The largest absolute Gasteiger partial charge is 0.495 e. The minimum absolute atomic E-state index is 0.0639. The number of amides is 2. The standard InChI is InChI=1S/C25H28Cl2F3N7O3/c1-15-22(27)23(25(28,29)30)34-37(15)14-21(38)36-10-8-35(9-11-36)18-13-19(40-2)17(26)12-16(18)24(39)33-5-3-4-20-31-6-7-32-20/h6-7,12-13H,3-5,8-11,14H2,1-2H3,(H,31,32)(H,33,39). The number of alkyl halides is 3. The van der Waals surface area contributed by atoms with Gasteiger partial charge in [0.05, 0.1) is 34.1 Å². The summed E-state index contributed by atoms with van der Waals surface area (Å²) in [6.45, 7) is 2.76. The number of piperazine rings is 1. The van der Waals surface area contributed by atoms with Crippen molar-refractivity contribution in [1.82, 2.24) is 30.0 Å². The van der Waals surface area contributed by atoms with Gasteiger partial charge in [0.1, 0.15) is 18.1 Å². The maximum Gasteiger partial charge on any atom is 0.436 e. The molecule has 0 aliphatic carbocycles. The van der Waals surface area contributed by atoms with E-state index in [1.54, 1.807) is 29.4 Å². The Labute approximate surface area is 238 Å². The summed E-state index contributed by atoms with van der Waals surface area (Å²) in [4.78, 5) is 36.7. The van der Waals surface area contributed by atoms with E-state index in [-0.39, 0.29) is 42.2 Å². The van der Waals surface area contributed by atoms with E-state index in [4.69, 9.17) is 27.9 Å². The number of aryl methyl sites for hydroxylation is 1. The Balaban J connectivity index is 1.41. The van der Waals surface area contributed by atoms with Gasteiger partial charge in [0.2, 0.25) is 5.91 Å². The fourth-order valence-corrected chi connectivity index (χ4v) is 4.90. The van der Waals surface area contributed by atoms with E-state index in [9.17, 15) is 22.8 Å². The van der Waals surface area contributed by atoms with Crippen LogP contribution in [0, 0.1) is 6.92 Å². The summed E-state index contributed by atoms with van der Waals surface area (Å²) in [5.74, 6) is 0.542. The number of imidazole rings is 1. The number of carbonyl (C=O) groups is 2. The first-order valence-corrected chi connectivity index (χ1v) is 13.2. The Hall–Kier alpha value is -3.45. The molecule has 0 spiro atoms. The molecule has 3 aromatic rings. The highest BCUT2D eigenvalue weighted by Crippen LogP contribution is 2.36. The van der Waals surface area contributed by atoms with Crippen LogP contribution in [0.3, 0.4) is 0 Å².